The SMILES string of the molecule is CN(C)C1CN(C(=O)c2noc([C@H](CCCC3CCCCC3)CC(=O)OC(C)(C)C)n2)C1. The number of likely N-dealkylation sites (tertiary alicyclic amines) is 1. The van der Waals surface area contributed by atoms with Crippen molar-refractivity contribution in [1.82, 2.24) is 19.9 Å². The van der Waals surface area contributed by atoms with Crippen molar-refractivity contribution in [2.45, 2.75) is 96.1 Å². The van der Waals surface area contributed by atoms with Crippen LogP contribution in [0.5, 0.6) is 0 Å². The first-order valence-electron chi connectivity index (χ1n) is 12.1. The number of carbonyl (C=O) groups excluding carboxylic acids is 2. The van der Waals surface area contributed by atoms with Gasteiger partial charge in [-0.15, -0.1) is 0 Å². The van der Waals surface area contributed by atoms with Gasteiger partial charge in [-0.2, -0.15) is 4.98 Å². The van der Waals surface area contributed by atoms with Crippen LogP contribution in [-0.4, -0.2) is 70.6 Å². The van der Waals surface area contributed by atoms with E-state index in [1.54, 1.807) is 4.90 Å². The minimum Gasteiger partial charge on any atom is -0.460 e. The Bertz CT molecular complexity index is 758. The van der Waals surface area contributed by atoms with Gasteiger partial charge in [0.25, 0.3) is 11.7 Å². The number of esters is 1. The quantitative estimate of drug-likeness (QED) is 0.527. The van der Waals surface area contributed by atoms with Crippen LogP contribution in [0.4, 0.5) is 0 Å². The summed E-state index contributed by atoms with van der Waals surface area (Å²) in [6.45, 7) is 6.92. The Morgan fingerprint density at radius 2 is 1.88 bits per heavy atom. The summed E-state index contributed by atoms with van der Waals surface area (Å²) in [6.07, 6.45) is 9.73. The molecule has 1 aliphatic carbocycles. The maximum atomic E-state index is 12.7. The van der Waals surface area contributed by atoms with Crippen LogP contribution >= 0.6 is 0 Å². The minimum atomic E-state index is -0.541. The molecule has 8 nitrogen and oxygen atoms in total. The molecule has 1 aromatic heterocycles. The van der Waals surface area contributed by atoms with E-state index in [9.17, 15) is 9.59 Å². The number of hydrogen-bond acceptors (Lipinski definition) is 7. The van der Waals surface area contributed by atoms with Crippen molar-refractivity contribution in [3.63, 3.8) is 0 Å². The number of hydrogen-bond donors (Lipinski definition) is 0. The molecule has 2 aliphatic rings. The van der Waals surface area contributed by atoms with Gasteiger partial charge in [0.15, 0.2) is 0 Å². The Morgan fingerprint density at radius 1 is 1.19 bits per heavy atom. The van der Waals surface area contributed by atoms with Crippen molar-refractivity contribution in [2.75, 3.05) is 27.2 Å². The summed E-state index contributed by atoms with van der Waals surface area (Å²) in [5.41, 5.74) is -0.541. The summed E-state index contributed by atoms with van der Waals surface area (Å²) in [6, 6.07) is 0.366. The van der Waals surface area contributed by atoms with E-state index >= 15 is 0 Å². The summed E-state index contributed by atoms with van der Waals surface area (Å²) in [5, 5.41) is 3.95. The lowest BCUT2D eigenvalue weighted by molar-refractivity contribution is -0.155. The molecule has 0 N–H and O–H groups in total. The number of amides is 1. The molecule has 2 heterocycles. The van der Waals surface area contributed by atoms with Crippen LogP contribution in [0.2, 0.25) is 0 Å². The average molecular weight is 449 g/mol. The highest BCUT2D eigenvalue weighted by atomic mass is 16.6. The van der Waals surface area contributed by atoms with Crippen molar-refractivity contribution >= 4 is 11.9 Å². The standard InChI is InChI=1S/C24H40N4O4/c1-24(2,3)31-20(29)14-18(13-9-12-17-10-7-6-8-11-17)22-25-21(26-32-22)23(30)28-15-19(16-28)27(4)5/h17-19H,6-16H2,1-5H3/t18-/m1/s1. The van der Waals surface area contributed by atoms with Gasteiger partial charge in [0.1, 0.15) is 5.60 Å². The average Bonchev–Trinajstić information content (AvgIpc) is 3.15. The van der Waals surface area contributed by atoms with E-state index < -0.39 is 5.60 Å². The summed E-state index contributed by atoms with van der Waals surface area (Å²) in [5.74, 6) is 0.514. The van der Waals surface area contributed by atoms with Gasteiger partial charge in [0.2, 0.25) is 5.89 Å². The first-order valence-corrected chi connectivity index (χ1v) is 12.1. The third kappa shape index (κ3) is 7.02. The molecule has 2 fully saturated rings. The van der Waals surface area contributed by atoms with Crippen molar-refractivity contribution in [3.05, 3.63) is 11.7 Å². The van der Waals surface area contributed by atoms with E-state index in [0.29, 0.717) is 25.0 Å². The van der Waals surface area contributed by atoms with Gasteiger partial charge >= 0.3 is 5.97 Å². The largest absolute Gasteiger partial charge is 0.460 e. The molecule has 0 radical (unpaired) electrons. The molecule has 1 saturated heterocycles. The molecule has 1 saturated carbocycles. The van der Waals surface area contributed by atoms with Crippen molar-refractivity contribution < 1.29 is 18.8 Å². The second kappa shape index (κ2) is 10.8. The van der Waals surface area contributed by atoms with Gasteiger partial charge in [-0.3, -0.25) is 9.59 Å². The number of carbonyl (C=O) groups is 2. The topological polar surface area (TPSA) is 88.8 Å². The smallest absolute Gasteiger partial charge is 0.307 e. The van der Waals surface area contributed by atoms with Crippen molar-refractivity contribution in [3.8, 4) is 0 Å². The number of aromatic nitrogens is 2. The van der Waals surface area contributed by atoms with E-state index in [1.807, 2.05) is 34.9 Å². The second-order valence-corrected chi connectivity index (χ2v) is 10.7. The van der Waals surface area contributed by atoms with Crippen LogP contribution in [0.1, 0.15) is 101 Å². The third-order valence-corrected chi connectivity index (χ3v) is 6.58. The van der Waals surface area contributed by atoms with Crippen LogP contribution in [0.3, 0.4) is 0 Å². The lowest BCUT2D eigenvalue weighted by Gasteiger charge is -2.42. The molecule has 8 heteroatoms. The molecule has 0 spiro atoms. The molecule has 32 heavy (non-hydrogen) atoms. The summed E-state index contributed by atoms with van der Waals surface area (Å²) >= 11 is 0. The molecule has 1 atom stereocenters. The fourth-order valence-electron chi connectivity index (χ4n) is 4.60. The Labute approximate surface area is 192 Å². The van der Waals surface area contributed by atoms with Gasteiger partial charge < -0.3 is 19.1 Å². The predicted molar refractivity (Wildman–Crippen MR) is 121 cm³/mol. The Balaban J connectivity index is 1.61. The van der Waals surface area contributed by atoms with E-state index in [4.69, 9.17) is 9.26 Å². The fourth-order valence-corrected chi connectivity index (χ4v) is 4.60. The molecule has 0 unspecified atom stereocenters. The Hall–Kier alpha value is -1.96. The van der Waals surface area contributed by atoms with Gasteiger partial charge in [-0.05, 0) is 47.2 Å². The van der Waals surface area contributed by atoms with Gasteiger partial charge in [-0.1, -0.05) is 50.1 Å². The number of nitrogens with zero attached hydrogens (tertiary/aromatic N) is 4. The molecule has 1 aliphatic heterocycles. The van der Waals surface area contributed by atoms with Crippen LogP contribution in [0.25, 0.3) is 0 Å². The van der Waals surface area contributed by atoms with Crippen LogP contribution in [0.15, 0.2) is 4.52 Å². The zero-order chi connectivity index (χ0) is 23.3. The first kappa shape index (κ1) is 24.7. The van der Waals surface area contributed by atoms with E-state index in [0.717, 1.165) is 25.2 Å². The van der Waals surface area contributed by atoms with E-state index in [2.05, 4.69) is 15.0 Å². The molecular formula is C24H40N4O4. The zero-order valence-electron chi connectivity index (χ0n) is 20.4. The molecule has 0 aromatic carbocycles. The van der Waals surface area contributed by atoms with Gasteiger partial charge in [0, 0.05) is 25.0 Å². The molecule has 1 aromatic rings. The van der Waals surface area contributed by atoms with E-state index in [-0.39, 0.29) is 30.0 Å². The van der Waals surface area contributed by atoms with Crippen LogP contribution < -0.4 is 0 Å². The van der Waals surface area contributed by atoms with Crippen molar-refractivity contribution in [2.24, 2.45) is 5.92 Å². The van der Waals surface area contributed by atoms with Gasteiger partial charge in [-0.25, -0.2) is 0 Å². The summed E-state index contributed by atoms with van der Waals surface area (Å²) in [4.78, 5) is 33.5. The zero-order valence-corrected chi connectivity index (χ0v) is 20.4. The van der Waals surface area contributed by atoms with Crippen LogP contribution in [0, 0.1) is 5.92 Å². The lowest BCUT2D eigenvalue weighted by atomic mass is 9.84. The Kier molecular flexibility index (Phi) is 8.31. The highest BCUT2D eigenvalue weighted by Gasteiger charge is 2.35. The number of ether oxygens (including phenoxy) is 1. The fraction of sp³-hybridized carbons (Fsp3) is 0.833. The first-order chi connectivity index (χ1) is 15.1. The molecule has 1 amide bonds. The highest BCUT2D eigenvalue weighted by Crippen LogP contribution is 2.31. The lowest BCUT2D eigenvalue weighted by Crippen LogP contribution is -2.59. The normalized spacial score (nSPS) is 19.1. The minimum absolute atomic E-state index is 0.0821. The third-order valence-electron chi connectivity index (χ3n) is 6.58. The molecule has 180 valence electrons. The van der Waals surface area contributed by atoms with Crippen molar-refractivity contribution in [1.29, 1.82) is 0 Å². The maximum absolute atomic E-state index is 12.7. The van der Waals surface area contributed by atoms with E-state index in [1.165, 1.54) is 32.1 Å². The van der Waals surface area contributed by atoms with Crippen LogP contribution in [-0.2, 0) is 9.53 Å². The Morgan fingerprint density at radius 3 is 2.50 bits per heavy atom. The summed E-state index contributed by atoms with van der Waals surface area (Å²) in [7, 11) is 4.01. The monoisotopic (exact) mass is 448 g/mol. The van der Waals surface area contributed by atoms with Gasteiger partial charge in [0.05, 0.1) is 6.42 Å². The highest BCUT2D eigenvalue weighted by molar-refractivity contribution is 5.91. The number of likely N-dealkylation sites (N-methyl/N-ethyl adjacent to an activating group) is 1. The second-order valence-electron chi connectivity index (χ2n) is 10.7. The maximum Gasteiger partial charge on any atom is 0.307 e. The molecule has 0 bridgehead atoms. The molecular weight excluding hydrogens is 408 g/mol. The predicted octanol–water partition coefficient (Wildman–Crippen LogP) is 4.02. The summed E-state index contributed by atoms with van der Waals surface area (Å²) < 4.78 is 11.0. The number of rotatable bonds is 9. The molecule has 3 rings (SSSR count).